The Balaban J connectivity index is 1.47. The highest BCUT2D eigenvalue weighted by molar-refractivity contribution is 6.05. The lowest BCUT2D eigenvalue weighted by Crippen LogP contribution is -2.52. The first-order valence-electron chi connectivity index (χ1n) is 9.01. The first kappa shape index (κ1) is 17.9. The quantitative estimate of drug-likeness (QED) is 0.647. The van der Waals surface area contributed by atoms with Crippen LogP contribution in [0.25, 0.3) is 0 Å². The lowest BCUT2D eigenvalue weighted by molar-refractivity contribution is -0.136. The maximum absolute atomic E-state index is 12.7. The van der Waals surface area contributed by atoms with E-state index in [-0.39, 0.29) is 31.4 Å². The highest BCUT2D eigenvalue weighted by Crippen LogP contribution is 2.28. The van der Waals surface area contributed by atoms with Crippen molar-refractivity contribution < 1.29 is 23.9 Å². The first-order valence-corrected chi connectivity index (χ1v) is 9.01. The molecule has 4 rings (SSSR count). The van der Waals surface area contributed by atoms with Crippen molar-refractivity contribution in [2.24, 2.45) is 0 Å². The number of rotatable bonds is 4. The number of amides is 3. The number of piperidine rings is 1. The molecule has 0 aliphatic carbocycles. The van der Waals surface area contributed by atoms with E-state index in [0.717, 1.165) is 5.56 Å². The number of ether oxygens (including phenoxy) is 1. The van der Waals surface area contributed by atoms with Gasteiger partial charge in [0.2, 0.25) is 11.8 Å². The molecular formula is C21H18N2O5. The normalized spacial score (nSPS) is 18.6. The van der Waals surface area contributed by atoms with Crippen LogP contribution in [0.1, 0.15) is 44.7 Å². The minimum Gasteiger partial charge on any atom is -0.457 e. The molecule has 0 bridgehead atoms. The highest BCUT2D eigenvalue weighted by Gasteiger charge is 2.39. The molecule has 2 aliphatic rings. The number of nitrogens with one attached hydrogen (secondary N) is 1. The second-order valence-electron chi connectivity index (χ2n) is 6.83. The van der Waals surface area contributed by atoms with E-state index in [4.69, 9.17) is 4.74 Å². The molecule has 2 aliphatic heterocycles. The Hall–Kier alpha value is -3.48. The summed E-state index contributed by atoms with van der Waals surface area (Å²) >= 11 is 0. The summed E-state index contributed by atoms with van der Waals surface area (Å²) in [6, 6.07) is 13.5. The van der Waals surface area contributed by atoms with Crippen LogP contribution >= 0.6 is 0 Å². The minimum atomic E-state index is -0.675. The summed E-state index contributed by atoms with van der Waals surface area (Å²) < 4.78 is 5.33. The fraction of sp³-hybridized carbons (Fsp3) is 0.238. The van der Waals surface area contributed by atoms with Gasteiger partial charge in [0.25, 0.3) is 5.91 Å². The molecule has 0 aromatic heterocycles. The molecule has 1 saturated heterocycles. The molecule has 1 fully saturated rings. The second kappa shape index (κ2) is 7.26. The van der Waals surface area contributed by atoms with Crippen LogP contribution in [0.15, 0.2) is 48.5 Å². The van der Waals surface area contributed by atoms with Gasteiger partial charge in [0, 0.05) is 18.5 Å². The Morgan fingerprint density at radius 2 is 1.89 bits per heavy atom. The largest absolute Gasteiger partial charge is 0.457 e. The third-order valence-corrected chi connectivity index (χ3v) is 4.97. The van der Waals surface area contributed by atoms with E-state index in [1.54, 1.807) is 18.2 Å². The van der Waals surface area contributed by atoms with Crippen molar-refractivity contribution in [1.29, 1.82) is 0 Å². The third-order valence-electron chi connectivity index (χ3n) is 4.97. The average molecular weight is 378 g/mol. The van der Waals surface area contributed by atoms with Crippen LogP contribution in [0.4, 0.5) is 0 Å². The zero-order chi connectivity index (χ0) is 19.7. The molecule has 7 heteroatoms. The molecule has 1 N–H and O–H groups in total. The molecule has 1 atom stereocenters. The fourth-order valence-electron chi connectivity index (χ4n) is 3.51. The lowest BCUT2D eigenvalue weighted by Gasteiger charge is -2.29. The number of fused-ring (bicyclic) bond motifs is 1. The smallest absolute Gasteiger partial charge is 0.338 e. The third kappa shape index (κ3) is 3.38. The number of hydrogen-bond acceptors (Lipinski definition) is 5. The molecule has 2 aromatic carbocycles. The molecule has 0 saturated carbocycles. The summed E-state index contributed by atoms with van der Waals surface area (Å²) in [5.41, 5.74) is 2.37. The van der Waals surface area contributed by atoms with Crippen LogP contribution in [0, 0.1) is 0 Å². The standard InChI is InChI=1S/C21H18N2O5/c24-18-9-8-17(19(25)22-18)23-11-15-10-14(6-7-16(15)20(23)26)21(27)28-12-13-4-2-1-3-5-13/h1-7,10,17H,8-9,11-12H2,(H,22,24,25). The van der Waals surface area contributed by atoms with E-state index >= 15 is 0 Å². The minimum absolute atomic E-state index is 0.165. The van der Waals surface area contributed by atoms with E-state index < -0.39 is 17.9 Å². The van der Waals surface area contributed by atoms with Crippen LogP contribution in [-0.4, -0.2) is 34.6 Å². The molecule has 3 amide bonds. The van der Waals surface area contributed by atoms with Crippen LogP contribution in [0.2, 0.25) is 0 Å². The van der Waals surface area contributed by atoms with E-state index in [1.807, 2.05) is 30.3 Å². The summed E-state index contributed by atoms with van der Waals surface area (Å²) in [7, 11) is 0. The molecule has 1 unspecified atom stereocenters. The maximum Gasteiger partial charge on any atom is 0.338 e. The van der Waals surface area contributed by atoms with Gasteiger partial charge in [-0.3, -0.25) is 19.7 Å². The van der Waals surface area contributed by atoms with Crippen molar-refractivity contribution in [1.82, 2.24) is 10.2 Å². The van der Waals surface area contributed by atoms with Crippen molar-refractivity contribution >= 4 is 23.7 Å². The number of hydrogen-bond donors (Lipinski definition) is 1. The zero-order valence-electron chi connectivity index (χ0n) is 15.0. The van der Waals surface area contributed by atoms with E-state index in [0.29, 0.717) is 23.1 Å². The van der Waals surface area contributed by atoms with Gasteiger partial charge in [0.15, 0.2) is 0 Å². The van der Waals surface area contributed by atoms with Gasteiger partial charge >= 0.3 is 5.97 Å². The van der Waals surface area contributed by atoms with Gasteiger partial charge in [-0.15, -0.1) is 0 Å². The predicted molar refractivity (Wildman–Crippen MR) is 98.0 cm³/mol. The molecule has 142 valence electrons. The van der Waals surface area contributed by atoms with E-state index in [1.165, 1.54) is 4.90 Å². The van der Waals surface area contributed by atoms with Crippen LogP contribution < -0.4 is 5.32 Å². The van der Waals surface area contributed by atoms with Crippen molar-refractivity contribution in [2.75, 3.05) is 0 Å². The van der Waals surface area contributed by atoms with Gasteiger partial charge in [-0.25, -0.2) is 4.79 Å². The first-order chi connectivity index (χ1) is 13.5. The fourth-order valence-corrected chi connectivity index (χ4v) is 3.51. The summed E-state index contributed by atoms with van der Waals surface area (Å²) in [4.78, 5) is 49.9. The van der Waals surface area contributed by atoms with Crippen molar-refractivity contribution in [3.8, 4) is 0 Å². The second-order valence-corrected chi connectivity index (χ2v) is 6.83. The number of nitrogens with zero attached hydrogens (tertiary/aromatic N) is 1. The van der Waals surface area contributed by atoms with Gasteiger partial charge in [-0.1, -0.05) is 30.3 Å². The molecule has 28 heavy (non-hydrogen) atoms. The molecule has 7 nitrogen and oxygen atoms in total. The monoisotopic (exact) mass is 378 g/mol. The topological polar surface area (TPSA) is 92.8 Å². The Morgan fingerprint density at radius 1 is 1.11 bits per heavy atom. The number of esters is 1. The highest BCUT2D eigenvalue weighted by atomic mass is 16.5. The maximum atomic E-state index is 12.7. The predicted octanol–water partition coefficient (Wildman–Crippen LogP) is 1.80. The summed E-state index contributed by atoms with van der Waals surface area (Å²) in [6.07, 6.45) is 0.504. The average Bonchev–Trinajstić information content (AvgIpc) is 3.02. The van der Waals surface area contributed by atoms with Gasteiger partial charge in [-0.2, -0.15) is 0 Å². The van der Waals surface area contributed by atoms with Crippen LogP contribution in [-0.2, 0) is 27.5 Å². The SMILES string of the molecule is O=C1CCC(N2Cc3cc(C(=O)OCc4ccccc4)ccc3C2=O)C(=O)N1. The number of carbonyl (C=O) groups excluding carboxylic acids is 4. The van der Waals surface area contributed by atoms with Crippen molar-refractivity contribution in [3.63, 3.8) is 0 Å². The van der Waals surface area contributed by atoms with Gasteiger partial charge in [-0.05, 0) is 35.7 Å². The zero-order valence-corrected chi connectivity index (χ0v) is 15.0. The Bertz CT molecular complexity index is 970. The molecular weight excluding hydrogens is 360 g/mol. The van der Waals surface area contributed by atoms with Gasteiger partial charge in [0.05, 0.1) is 5.56 Å². The number of carbonyl (C=O) groups is 4. The lowest BCUT2D eigenvalue weighted by atomic mass is 10.0. The van der Waals surface area contributed by atoms with Crippen molar-refractivity contribution in [2.45, 2.75) is 32.0 Å². The number of imide groups is 1. The molecule has 2 heterocycles. The summed E-state index contributed by atoms with van der Waals surface area (Å²) in [5, 5.41) is 2.27. The van der Waals surface area contributed by atoms with Crippen molar-refractivity contribution in [3.05, 3.63) is 70.8 Å². The van der Waals surface area contributed by atoms with E-state index in [9.17, 15) is 19.2 Å². The Kier molecular flexibility index (Phi) is 4.65. The van der Waals surface area contributed by atoms with Crippen LogP contribution in [0.3, 0.4) is 0 Å². The van der Waals surface area contributed by atoms with Gasteiger partial charge in [0.1, 0.15) is 12.6 Å². The summed E-state index contributed by atoms with van der Waals surface area (Å²) in [6.45, 7) is 0.387. The van der Waals surface area contributed by atoms with Crippen LogP contribution in [0.5, 0.6) is 0 Å². The van der Waals surface area contributed by atoms with Gasteiger partial charge < -0.3 is 9.64 Å². The van der Waals surface area contributed by atoms with E-state index in [2.05, 4.69) is 5.32 Å². The molecule has 2 aromatic rings. The summed E-state index contributed by atoms with van der Waals surface area (Å²) in [5.74, 6) is -1.53. The Morgan fingerprint density at radius 3 is 2.64 bits per heavy atom. The molecule has 0 radical (unpaired) electrons. The number of benzene rings is 2. The Labute approximate surface area is 161 Å². The molecule has 0 spiro atoms.